The lowest BCUT2D eigenvalue weighted by molar-refractivity contribution is 0.0602. The molecule has 0 aliphatic rings. The van der Waals surface area contributed by atoms with Gasteiger partial charge in [-0.15, -0.1) is 0 Å². The van der Waals surface area contributed by atoms with E-state index in [2.05, 4.69) is 5.32 Å². The van der Waals surface area contributed by atoms with Crippen molar-refractivity contribution < 1.29 is 19.1 Å². The van der Waals surface area contributed by atoms with Crippen LogP contribution in [0.4, 0.5) is 5.69 Å². The van der Waals surface area contributed by atoms with E-state index >= 15 is 0 Å². The predicted octanol–water partition coefficient (Wildman–Crippen LogP) is 3.51. The zero-order valence-electron chi connectivity index (χ0n) is 13.2. The molecule has 0 fully saturated rings. The van der Waals surface area contributed by atoms with Gasteiger partial charge in [0.25, 0.3) is 5.91 Å². The van der Waals surface area contributed by atoms with Gasteiger partial charge in [-0.3, -0.25) is 4.79 Å². The van der Waals surface area contributed by atoms with Crippen molar-refractivity contribution in [3.05, 3.63) is 59.7 Å². The summed E-state index contributed by atoms with van der Waals surface area (Å²) >= 11 is 0. The van der Waals surface area contributed by atoms with E-state index in [1.165, 1.54) is 7.11 Å². The van der Waals surface area contributed by atoms with E-state index in [0.29, 0.717) is 23.4 Å². The molecule has 5 heteroatoms. The second-order valence-electron chi connectivity index (χ2n) is 4.86. The number of anilines is 1. The molecule has 0 atom stereocenters. The zero-order valence-corrected chi connectivity index (χ0v) is 13.2. The van der Waals surface area contributed by atoms with E-state index in [1.54, 1.807) is 48.5 Å². The molecule has 23 heavy (non-hydrogen) atoms. The van der Waals surface area contributed by atoms with Crippen LogP contribution < -0.4 is 10.1 Å². The first-order valence-electron chi connectivity index (χ1n) is 7.37. The number of methoxy groups -OCH3 is 1. The van der Waals surface area contributed by atoms with Gasteiger partial charge in [0, 0.05) is 5.56 Å². The number of hydrogen-bond donors (Lipinski definition) is 1. The SMILES string of the molecule is CCCOc1ccc(C(=O)Nc2ccccc2C(=O)OC)cc1. The summed E-state index contributed by atoms with van der Waals surface area (Å²) in [6.45, 7) is 2.67. The van der Waals surface area contributed by atoms with Gasteiger partial charge in [-0.05, 0) is 42.8 Å². The second-order valence-corrected chi connectivity index (χ2v) is 4.86. The van der Waals surface area contributed by atoms with Gasteiger partial charge in [-0.2, -0.15) is 0 Å². The van der Waals surface area contributed by atoms with Crippen LogP contribution in [0.25, 0.3) is 0 Å². The van der Waals surface area contributed by atoms with Gasteiger partial charge >= 0.3 is 5.97 Å². The third-order valence-corrected chi connectivity index (χ3v) is 3.17. The molecule has 0 aromatic heterocycles. The van der Waals surface area contributed by atoms with Gasteiger partial charge in [0.1, 0.15) is 5.75 Å². The van der Waals surface area contributed by atoms with Gasteiger partial charge < -0.3 is 14.8 Å². The molecule has 0 aliphatic carbocycles. The summed E-state index contributed by atoms with van der Waals surface area (Å²) in [6.07, 6.45) is 0.923. The fourth-order valence-electron chi connectivity index (χ4n) is 2.00. The molecule has 0 unspecified atom stereocenters. The Labute approximate surface area is 135 Å². The Hall–Kier alpha value is -2.82. The number of benzene rings is 2. The third kappa shape index (κ3) is 4.32. The Morgan fingerprint density at radius 1 is 1.04 bits per heavy atom. The van der Waals surface area contributed by atoms with Crippen molar-refractivity contribution in [1.29, 1.82) is 0 Å². The van der Waals surface area contributed by atoms with Crippen molar-refractivity contribution in [3.63, 3.8) is 0 Å². The molecule has 2 aromatic rings. The van der Waals surface area contributed by atoms with Crippen LogP contribution in [-0.4, -0.2) is 25.6 Å². The number of carbonyl (C=O) groups excluding carboxylic acids is 2. The molecule has 120 valence electrons. The van der Waals surface area contributed by atoms with Crippen LogP contribution in [0.15, 0.2) is 48.5 Å². The number of nitrogens with one attached hydrogen (secondary N) is 1. The molecule has 0 spiro atoms. The second kappa shape index (κ2) is 7.98. The molecule has 2 rings (SSSR count). The van der Waals surface area contributed by atoms with Crippen LogP contribution >= 0.6 is 0 Å². The highest BCUT2D eigenvalue weighted by atomic mass is 16.5. The smallest absolute Gasteiger partial charge is 0.339 e. The van der Waals surface area contributed by atoms with E-state index in [4.69, 9.17) is 9.47 Å². The maximum absolute atomic E-state index is 12.3. The number of para-hydroxylation sites is 1. The van der Waals surface area contributed by atoms with Gasteiger partial charge in [0.15, 0.2) is 0 Å². The van der Waals surface area contributed by atoms with Crippen molar-refractivity contribution in [3.8, 4) is 5.75 Å². The van der Waals surface area contributed by atoms with Crippen molar-refractivity contribution in [2.45, 2.75) is 13.3 Å². The maximum Gasteiger partial charge on any atom is 0.339 e. The monoisotopic (exact) mass is 313 g/mol. The molecule has 1 N–H and O–H groups in total. The number of amides is 1. The highest BCUT2D eigenvalue weighted by Gasteiger charge is 2.14. The van der Waals surface area contributed by atoms with E-state index in [0.717, 1.165) is 12.2 Å². The van der Waals surface area contributed by atoms with Crippen LogP contribution in [0.1, 0.15) is 34.1 Å². The summed E-state index contributed by atoms with van der Waals surface area (Å²) in [5.74, 6) is -0.0778. The molecule has 0 saturated heterocycles. The Bertz CT molecular complexity index is 680. The molecular formula is C18H19NO4. The number of ether oxygens (including phenoxy) is 2. The molecule has 0 saturated carbocycles. The van der Waals surface area contributed by atoms with E-state index in [-0.39, 0.29) is 5.91 Å². The molecule has 5 nitrogen and oxygen atoms in total. The lowest BCUT2D eigenvalue weighted by atomic mass is 10.1. The van der Waals surface area contributed by atoms with Crippen molar-refractivity contribution in [2.75, 3.05) is 19.0 Å². The third-order valence-electron chi connectivity index (χ3n) is 3.17. The van der Waals surface area contributed by atoms with Gasteiger partial charge in [0.2, 0.25) is 0 Å². The first-order valence-corrected chi connectivity index (χ1v) is 7.37. The first-order chi connectivity index (χ1) is 11.2. The largest absolute Gasteiger partial charge is 0.494 e. The number of rotatable bonds is 6. The normalized spacial score (nSPS) is 10.0. The van der Waals surface area contributed by atoms with Gasteiger partial charge in [-0.1, -0.05) is 19.1 Å². The summed E-state index contributed by atoms with van der Waals surface area (Å²) in [7, 11) is 1.30. The lowest BCUT2D eigenvalue weighted by Crippen LogP contribution is -2.15. The Balaban J connectivity index is 2.12. The Morgan fingerprint density at radius 2 is 1.74 bits per heavy atom. The van der Waals surface area contributed by atoms with E-state index in [9.17, 15) is 9.59 Å². The van der Waals surface area contributed by atoms with Crippen molar-refractivity contribution in [2.24, 2.45) is 0 Å². The van der Waals surface area contributed by atoms with Crippen LogP contribution in [0.5, 0.6) is 5.75 Å². The molecule has 0 radical (unpaired) electrons. The number of hydrogen-bond acceptors (Lipinski definition) is 4. The zero-order chi connectivity index (χ0) is 16.7. The van der Waals surface area contributed by atoms with Crippen molar-refractivity contribution in [1.82, 2.24) is 0 Å². The number of carbonyl (C=O) groups is 2. The molecule has 1 amide bonds. The first kappa shape index (κ1) is 16.5. The molecule has 0 bridgehead atoms. The topological polar surface area (TPSA) is 64.6 Å². The van der Waals surface area contributed by atoms with Gasteiger partial charge in [-0.25, -0.2) is 4.79 Å². The minimum Gasteiger partial charge on any atom is -0.494 e. The average molecular weight is 313 g/mol. The molecular weight excluding hydrogens is 294 g/mol. The van der Waals surface area contributed by atoms with E-state index < -0.39 is 5.97 Å². The minimum atomic E-state index is -0.496. The highest BCUT2D eigenvalue weighted by Crippen LogP contribution is 2.18. The fourth-order valence-corrected chi connectivity index (χ4v) is 2.00. The molecule has 0 aliphatic heterocycles. The standard InChI is InChI=1S/C18H19NO4/c1-3-12-23-14-10-8-13(9-11-14)17(20)19-16-7-5-4-6-15(16)18(21)22-2/h4-11H,3,12H2,1-2H3,(H,19,20). The summed E-state index contributed by atoms with van der Waals surface area (Å²) < 4.78 is 10.2. The average Bonchev–Trinajstić information content (AvgIpc) is 2.60. The van der Waals surface area contributed by atoms with Crippen LogP contribution in [0.3, 0.4) is 0 Å². The minimum absolute atomic E-state index is 0.302. The van der Waals surface area contributed by atoms with Crippen LogP contribution in [0, 0.1) is 0 Å². The Morgan fingerprint density at radius 3 is 2.39 bits per heavy atom. The van der Waals surface area contributed by atoms with Gasteiger partial charge in [0.05, 0.1) is 25.0 Å². The summed E-state index contributed by atoms with van der Waals surface area (Å²) in [5.41, 5.74) is 1.20. The van der Waals surface area contributed by atoms with E-state index in [1.807, 2.05) is 6.92 Å². The maximum atomic E-state index is 12.3. The number of esters is 1. The Kier molecular flexibility index (Phi) is 5.74. The molecule has 2 aromatic carbocycles. The van der Waals surface area contributed by atoms with Crippen LogP contribution in [0.2, 0.25) is 0 Å². The predicted molar refractivity (Wildman–Crippen MR) is 88.0 cm³/mol. The summed E-state index contributed by atoms with van der Waals surface area (Å²) in [6, 6.07) is 13.6. The summed E-state index contributed by atoms with van der Waals surface area (Å²) in [5, 5.41) is 2.72. The highest BCUT2D eigenvalue weighted by molar-refractivity contribution is 6.08. The molecule has 0 heterocycles. The van der Waals surface area contributed by atoms with Crippen LogP contribution in [-0.2, 0) is 4.74 Å². The fraction of sp³-hybridized carbons (Fsp3) is 0.222. The quantitative estimate of drug-likeness (QED) is 0.829. The lowest BCUT2D eigenvalue weighted by Gasteiger charge is -2.10. The summed E-state index contributed by atoms with van der Waals surface area (Å²) in [4.78, 5) is 24.0. The van der Waals surface area contributed by atoms with Crippen molar-refractivity contribution >= 4 is 17.6 Å².